The predicted molar refractivity (Wildman–Crippen MR) is 72.1 cm³/mol. The second-order valence-electron chi connectivity index (χ2n) is 4.60. The van der Waals surface area contributed by atoms with E-state index in [9.17, 15) is 4.79 Å². The van der Waals surface area contributed by atoms with Crippen LogP contribution in [0.2, 0.25) is 0 Å². The Balaban J connectivity index is 3.57. The van der Waals surface area contributed by atoms with E-state index in [0.29, 0.717) is 13.2 Å². The Morgan fingerprint density at radius 1 is 0.947 bits per heavy atom. The first-order valence-electron chi connectivity index (χ1n) is 6.72. The molecule has 0 fully saturated rings. The topological polar surface area (TPSA) is 80.0 Å². The molecule has 1 amide bonds. The summed E-state index contributed by atoms with van der Waals surface area (Å²) < 4.78 is 21.2. The van der Waals surface area contributed by atoms with Gasteiger partial charge in [0.25, 0.3) is 0 Å². The summed E-state index contributed by atoms with van der Waals surface area (Å²) in [5.74, 6) is 0. The number of hydrogen-bond acceptors (Lipinski definition) is 5. The fraction of sp³-hybridized carbons (Fsp3) is 0.923. The summed E-state index contributed by atoms with van der Waals surface area (Å²) in [6.07, 6.45) is 0.0519. The molecule has 0 aliphatic heterocycles. The van der Waals surface area contributed by atoms with Gasteiger partial charge in [-0.2, -0.15) is 0 Å². The molecule has 0 spiro atoms. The molecular weight excluding hydrogens is 250 g/mol. The number of amides is 1. The predicted octanol–water partition coefficient (Wildman–Crippen LogP) is 1.71. The van der Waals surface area contributed by atoms with Gasteiger partial charge in [0.15, 0.2) is 0 Å². The largest absolute Gasteiger partial charge is 0.447 e. The number of nitrogens with two attached hydrogens (primary N) is 1. The van der Waals surface area contributed by atoms with Gasteiger partial charge in [-0.15, -0.1) is 0 Å². The van der Waals surface area contributed by atoms with Gasteiger partial charge in [0.1, 0.15) is 6.61 Å². The first kappa shape index (κ1) is 18.1. The lowest BCUT2D eigenvalue weighted by Crippen LogP contribution is -2.28. The highest BCUT2D eigenvalue weighted by atomic mass is 16.6. The minimum atomic E-state index is -0.790. The summed E-state index contributed by atoms with van der Waals surface area (Å²) >= 11 is 0. The highest BCUT2D eigenvalue weighted by Gasteiger charge is 2.10. The molecule has 0 radical (unpaired) electrons. The average molecular weight is 277 g/mol. The van der Waals surface area contributed by atoms with Gasteiger partial charge >= 0.3 is 6.09 Å². The maximum atomic E-state index is 10.4. The Morgan fingerprint density at radius 3 is 1.89 bits per heavy atom. The third-order valence-electron chi connectivity index (χ3n) is 2.30. The zero-order chi connectivity index (χ0) is 14.7. The van der Waals surface area contributed by atoms with Crippen molar-refractivity contribution in [3.05, 3.63) is 0 Å². The van der Waals surface area contributed by atoms with Crippen LogP contribution in [0.25, 0.3) is 0 Å². The quantitative estimate of drug-likeness (QED) is 0.622. The van der Waals surface area contributed by atoms with E-state index in [1.165, 1.54) is 0 Å². The summed E-state index contributed by atoms with van der Waals surface area (Å²) in [6.45, 7) is 9.65. The number of rotatable bonds is 11. The summed E-state index contributed by atoms with van der Waals surface area (Å²) in [4.78, 5) is 10.4. The molecule has 2 N–H and O–H groups in total. The second-order valence-corrected chi connectivity index (χ2v) is 4.60. The highest BCUT2D eigenvalue weighted by Crippen LogP contribution is 2.01. The molecule has 3 unspecified atom stereocenters. The monoisotopic (exact) mass is 277 g/mol. The van der Waals surface area contributed by atoms with Crippen LogP contribution in [-0.4, -0.2) is 50.8 Å². The van der Waals surface area contributed by atoms with Crippen molar-refractivity contribution in [1.82, 2.24) is 0 Å². The van der Waals surface area contributed by atoms with E-state index in [-0.39, 0.29) is 24.9 Å². The van der Waals surface area contributed by atoms with E-state index < -0.39 is 6.09 Å². The Morgan fingerprint density at radius 2 is 1.42 bits per heavy atom. The molecule has 0 rings (SSSR count). The summed E-state index contributed by atoms with van der Waals surface area (Å²) in [6, 6.07) is 0. The molecule has 6 nitrogen and oxygen atoms in total. The fourth-order valence-electron chi connectivity index (χ4n) is 1.26. The Hall–Kier alpha value is -0.850. The maximum absolute atomic E-state index is 10.4. The molecule has 19 heavy (non-hydrogen) atoms. The minimum absolute atomic E-state index is 0.0382. The molecule has 0 aromatic rings. The summed E-state index contributed by atoms with van der Waals surface area (Å²) in [7, 11) is 0. The number of carbonyl (C=O) groups excluding carboxylic acids is 1. The third kappa shape index (κ3) is 11.9. The van der Waals surface area contributed by atoms with E-state index in [4.69, 9.17) is 19.9 Å². The molecule has 0 saturated heterocycles. The van der Waals surface area contributed by atoms with Crippen LogP contribution in [-0.2, 0) is 18.9 Å². The van der Waals surface area contributed by atoms with Crippen molar-refractivity contribution in [1.29, 1.82) is 0 Å². The number of carbonyl (C=O) groups is 1. The van der Waals surface area contributed by atoms with Crippen molar-refractivity contribution in [2.24, 2.45) is 5.73 Å². The highest BCUT2D eigenvalue weighted by molar-refractivity contribution is 5.64. The Kier molecular flexibility index (Phi) is 10.5. The zero-order valence-electron chi connectivity index (χ0n) is 12.4. The van der Waals surface area contributed by atoms with Crippen molar-refractivity contribution in [2.45, 2.75) is 52.4 Å². The van der Waals surface area contributed by atoms with Crippen LogP contribution in [0, 0.1) is 0 Å². The third-order valence-corrected chi connectivity index (χ3v) is 2.30. The van der Waals surface area contributed by atoms with Crippen molar-refractivity contribution in [3.63, 3.8) is 0 Å². The van der Waals surface area contributed by atoms with Gasteiger partial charge in [0.05, 0.1) is 31.5 Å². The van der Waals surface area contributed by atoms with Gasteiger partial charge in [-0.25, -0.2) is 4.79 Å². The van der Waals surface area contributed by atoms with Gasteiger partial charge < -0.3 is 24.7 Å². The van der Waals surface area contributed by atoms with Gasteiger partial charge in [0.2, 0.25) is 0 Å². The molecule has 0 heterocycles. The lowest BCUT2D eigenvalue weighted by molar-refractivity contribution is -0.0746. The fourth-order valence-corrected chi connectivity index (χ4v) is 1.26. The second kappa shape index (κ2) is 11.0. The van der Waals surface area contributed by atoms with Gasteiger partial charge in [-0.05, 0) is 27.2 Å². The summed E-state index contributed by atoms with van der Waals surface area (Å²) in [5.41, 5.74) is 4.86. The minimum Gasteiger partial charge on any atom is -0.447 e. The van der Waals surface area contributed by atoms with Crippen LogP contribution in [0.4, 0.5) is 4.79 Å². The van der Waals surface area contributed by atoms with Crippen molar-refractivity contribution in [3.8, 4) is 0 Å². The zero-order valence-corrected chi connectivity index (χ0v) is 12.4. The molecule has 0 saturated carbocycles. The Labute approximate surface area is 115 Å². The standard InChI is InChI=1S/C13H27NO5/c1-5-6-16-10(2)7-17-11(3)8-18-12(4)9-19-13(14)15/h10-12H,5-9H2,1-4H3,(H2,14,15). The molecule has 6 heteroatoms. The number of hydrogen-bond donors (Lipinski definition) is 1. The van der Waals surface area contributed by atoms with Crippen LogP contribution < -0.4 is 5.73 Å². The van der Waals surface area contributed by atoms with Crippen LogP contribution >= 0.6 is 0 Å². The van der Waals surface area contributed by atoms with Crippen LogP contribution in [0.5, 0.6) is 0 Å². The Bertz CT molecular complexity index is 237. The smallest absolute Gasteiger partial charge is 0.404 e. The van der Waals surface area contributed by atoms with Crippen molar-refractivity contribution >= 4 is 6.09 Å². The molecule has 0 aliphatic rings. The SMILES string of the molecule is CCCOC(C)COC(C)COC(C)COC(N)=O. The van der Waals surface area contributed by atoms with Gasteiger partial charge in [-0.1, -0.05) is 6.92 Å². The van der Waals surface area contributed by atoms with E-state index in [2.05, 4.69) is 11.7 Å². The molecular formula is C13H27NO5. The summed E-state index contributed by atoms with van der Waals surface area (Å²) in [5, 5.41) is 0. The van der Waals surface area contributed by atoms with E-state index in [1.807, 2.05) is 20.8 Å². The maximum Gasteiger partial charge on any atom is 0.404 e. The lowest BCUT2D eigenvalue weighted by Gasteiger charge is -2.19. The average Bonchev–Trinajstić information content (AvgIpc) is 2.37. The van der Waals surface area contributed by atoms with Gasteiger partial charge in [0, 0.05) is 6.61 Å². The first-order chi connectivity index (χ1) is 8.95. The van der Waals surface area contributed by atoms with Crippen LogP contribution in [0.15, 0.2) is 0 Å². The number of primary amides is 1. The lowest BCUT2D eigenvalue weighted by atomic mass is 10.4. The van der Waals surface area contributed by atoms with E-state index >= 15 is 0 Å². The van der Waals surface area contributed by atoms with Crippen molar-refractivity contribution in [2.75, 3.05) is 26.4 Å². The first-order valence-corrected chi connectivity index (χ1v) is 6.72. The molecule has 0 aliphatic carbocycles. The van der Waals surface area contributed by atoms with E-state index in [1.54, 1.807) is 0 Å². The molecule has 0 aromatic carbocycles. The number of ether oxygens (including phenoxy) is 4. The normalized spacial score (nSPS) is 15.8. The molecule has 3 atom stereocenters. The van der Waals surface area contributed by atoms with Gasteiger partial charge in [-0.3, -0.25) is 0 Å². The van der Waals surface area contributed by atoms with Crippen LogP contribution in [0.1, 0.15) is 34.1 Å². The molecule has 0 bridgehead atoms. The van der Waals surface area contributed by atoms with Crippen molar-refractivity contribution < 1.29 is 23.7 Å². The molecule has 0 aromatic heterocycles. The van der Waals surface area contributed by atoms with Crippen LogP contribution in [0.3, 0.4) is 0 Å². The molecule has 114 valence electrons. The van der Waals surface area contributed by atoms with E-state index in [0.717, 1.165) is 13.0 Å².